The fraction of sp³-hybridized carbons (Fsp3) is 0.240. The Bertz CT molecular complexity index is 1340. The van der Waals surface area contributed by atoms with Gasteiger partial charge in [0.25, 0.3) is 15.7 Å². The number of nitrogens with one attached hydrogen (secondary N) is 2. The highest BCUT2D eigenvalue weighted by atomic mass is 32.2. The average Bonchev–Trinajstić information content (AvgIpc) is 2.75. The number of rotatable bonds is 7. The zero-order valence-electron chi connectivity index (χ0n) is 19.8. The van der Waals surface area contributed by atoms with Gasteiger partial charge in [0.15, 0.2) is 0 Å². The van der Waals surface area contributed by atoms with Crippen LogP contribution in [-0.2, 0) is 15.4 Å². The Labute approximate surface area is 199 Å². The van der Waals surface area contributed by atoms with Gasteiger partial charge in [0.05, 0.1) is 22.5 Å². The summed E-state index contributed by atoms with van der Waals surface area (Å²) in [6.07, 6.45) is 1.56. The van der Waals surface area contributed by atoms with Crippen molar-refractivity contribution in [2.24, 2.45) is 5.10 Å². The van der Waals surface area contributed by atoms with Crippen LogP contribution < -0.4 is 10.1 Å². The maximum Gasteiger partial charge on any atom is 0.270 e. The first kappa shape index (κ1) is 24.9. The van der Waals surface area contributed by atoms with Gasteiger partial charge in [-0.15, -0.1) is 0 Å². The lowest BCUT2D eigenvalue weighted by Gasteiger charge is -2.18. The molecule has 0 saturated carbocycles. The Kier molecular flexibility index (Phi) is 7.07. The van der Waals surface area contributed by atoms with Gasteiger partial charge in [-0.1, -0.05) is 62.7 Å². The Balaban J connectivity index is 1.90. The summed E-state index contributed by atoms with van der Waals surface area (Å²) in [5.74, 6) is 0. The lowest BCUT2D eigenvalue weighted by atomic mass is 9.87. The molecule has 0 unspecified atom stereocenters. The van der Waals surface area contributed by atoms with E-state index in [-0.39, 0.29) is 21.7 Å². The fourth-order valence-electron chi connectivity index (χ4n) is 3.31. The summed E-state index contributed by atoms with van der Waals surface area (Å²) in [5, 5.41) is 15.4. The fourth-order valence-corrected chi connectivity index (χ4v) is 4.62. The van der Waals surface area contributed by atoms with Crippen LogP contribution in [0, 0.1) is 24.0 Å². The minimum Gasteiger partial charge on any atom is -0.279 e. The number of nitro groups is 1. The molecule has 9 heteroatoms. The SMILES string of the molecule is Cc1ccc(NS(=O)(=O)c2cc([N+](=O)[O-])ccc2NN=Cc2ccc(C(C)(C)C)cc2)c(C)c1. The van der Waals surface area contributed by atoms with Gasteiger partial charge >= 0.3 is 0 Å². The van der Waals surface area contributed by atoms with Crippen molar-refractivity contribution in [2.75, 3.05) is 10.1 Å². The van der Waals surface area contributed by atoms with E-state index in [0.717, 1.165) is 22.8 Å². The molecular formula is C25H28N4O4S. The Morgan fingerprint density at radius 2 is 1.59 bits per heavy atom. The van der Waals surface area contributed by atoms with Crippen LogP contribution in [-0.4, -0.2) is 19.6 Å². The minimum absolute atomic E-state index is 0.0265. The van der Waals surface area contributed by atoms with Gasteiger partial charge in [0.2, 0.25) is 0 Å². The third-order valence-electron chi connectivity index (χ3n) is 5.27. The maximum atomic E-state index is 13.2. The van der Waals surface area contributed by atoms with Crippen LogP contribution in [0.3, 0.4) is 0 Å². The van der Waals surface area contributed by atoms with Crippen LogP contribution >= 0.6 is 0 Å². The molecule has 0 aliphatic carbocycles. The Morgan fingerprint density at radius 3 is 2.18 bits per heavy atom. The van der Waals surface area contributed by atoms with E-state index in [0.29, 0.717) is 5.69 Å². The average molecular weight is 481 g/mol. The minimum atomic E-state index is -4.14. The van der Waals surface area contributed by atoms with Crippen molar-refractivity contribution >= 4 is 33.3 Å². The summed E-state index contributed by atoms with van der Waals surface area (Å²) in [6.45, 7) is 10.1. The first-order valence-corrected chi connectivity index (χ1v) is 12.1. The molecule has 0 spiro atoms. The molecule has 8 nitrogen and oxygen atoms in total. The first-order valence-electron chi connectivity index (χ1n) is 10.6. The largest absolute Gasteiger partial charge is 0.279 e. The van der Waals surface area contributed by atoms with Crippen molar-refractivity contribution in [1.29, 1.82) is 0 Å². The third kappa shape index (κ3) is 5.99. The highest BCUT2D eigenvalue weighted by Crippen LogP contribution is 2.29. The number of benzene rings is 3. The number of non-ortho nitro benzene ring substituents is 1. The second kappa shape index (κ2) is 9.64. The molecule has 0 bridgehead atoms. The van der Waals surface area contributed by atoms with Crippen LogP contribution in [0.4, 0.5) is 17.1 Å². The second-order valence-corrected chi connectivity index (χ2v) is 10.8. The van der Waals surface area contributed by atoms with E-state index >= 15 is 0 Å². The van der Waals surface area contributed by atoms with Crippen molar-refractivity contribution in [3.8, 4) is 0 Å². The summed E-state index contributed by atoms with van der Waals surface area (Å²) in [4.78, 5) is 10.4. The topological polar surface area (TPSA) is 114 Å². The normalized spacial score (nSPS) is 12.0. The number of hydrogen-bond donors (Lipinski definition) is 2. The lowest BCUT2D eigenvalue weighted by Crippen LogP contribution is -2.16. The molecule has 3 rings (SSSR count). The molecule has 0 aliphatic rings. The van der Waals surface area contributed by atoms with Crippen LogP contribution in [0.15, 0.2) is 70.7 Å². The molecule has 3 aromatic carbocycles. The van der Waals surface area contributed by atoms with Crippen LogP contribution in [0.2, 0.25) is 0 Å². The maximum absolute atomic E-state index is 13.2. The van der Waals surface area contributed by atoms with Crippen molar-refractivity contribution in [3.05, 3.63) is 93.0 Å². The van der Waals surface area contributed by atoms with Gasteiger partial charge in [-0.2, -0.15) is 5.10 Å². The molecule has 0 atom stereocenters. The van der Waals surface area contributed by atoms with Crippen LogP contribution in [0.25, 0.3) is 0 Å². The Hall–Kier alpha value is -3.72. The molecule has 34 heavy (non-hydrogen) atoms. The monoisotopic (exact) mass is 480 g/mol. The van der Waals surface area contributed by atoms with E-state index in [2.05, 4.69) is 36.0 Å². The van der Waals surface area contributed by atoms with Crippen LogP contribution in [0.5, 0.6) is 0 Å². The molecule has 0 aliphatic heterocycles. The highest BCUT2D eigenvalue weighted by molar-refractivity contribution is 7.92. The number of aryl methyl sites for hydroxylation is 2. The van der Waals surface area contributed by atoms with Crippen molar-refractivity contribution in [3.63, 3.8) is 0 Å². The molecular weight excluding hydrogens is 452 g/mol. The summed E-state index contributed by atoms with van der Waals surface area (Å²) < 4.78 is 28.9. The number of hydrazone groups is 1. The van der Waals surface area contributed by atoms with Gasteiger partial charge in [-0.25, -0.2) is 8.42 Å². The number of nitro benzene ring substituents is 1. The smallest absolute Gasteiger partial charge is 0.270 e. The molecule has 0 aromatic heterocycles. The molecule has 0 radical (unpaired) electrons. The van der Waals surface area contributed by atoms with E-state index in [1.54, 1.807) is 25.3 Å². The van der Waals surface area contributed by atoms with E-state index in [1.807, 2.05) is 37.3 Å². The standard InChI is InChI=1S/C25H28N4O4S/c1-17-6-12-22(18(2)14-17)28-34(32,33)24-15-21(29(30)31)11-13-23(24)27-26-16-19-7-9-20(10-8-19)25(3,4)5/h6-16,27-28H,1-5H3. The summed E-state index contributed by atoms with van der Waals surface area (Å²) in [5.41, 5.74) is 6.64. The molecule has 0 fully saturated rings. The number of nitrogens with zero attached hydrogens (tertiary/aromatic N) is 2. The Morgan fingerprint density at radius 1 is 0.941 bits per heavy atom. The van der Waals surface area contributed by atoms with Gasteiger partial charge in [0.1, 0.15) is 4.90 Å². The van der Waals surface area contributed by atoms with Gasteiger partial charge in [-0.05, 0) is 48.1 Å². The lowest BCUT2D eigenvalue weighted by molar-refractivity contribution is -0.385. The van der Waals surface area contributed by atoms with E-state index in [4.69, 9.17) is 0 Å². The molecule has 0 amide bonds. The molecule has 2 N–H and O–H groups in total. The van der Waals surface area contributed by atoms with Gasteiger partial charge < -0.3 is 0 Å². The third-order valence-corrected chi connectivity index (χ3v) is 6.67. The predicted octanol–water partition coefficient (Wildman–Crippen LogP) is 5.76. The van der Waals surface area contributed by atoms with E-state index in [9.17, 15) is 18.5 Å². The van der Waals surface area contributed by atoms with Crippen molar-refractivity contribution in [1.82, 2.24) is 0 Å². The van der Waals surface area contributed by atoms with E-state index in [1.165, 1.54) is 17.7 Å². The zero-order chi connectivity index (χ0) is 25.1. The van der Waals surface area contributed by atoms with E-state index < -0.39 is 14.9 Å². The predicted molar refractivity (Wildman–Crippen MR) is 136 cm³/mol. The van der Waals surface area contributed by atoms with Gasteiger partial charge in [0, 0.05) is 12.1 Å². The molecule has 3 aromatic rings. The van der Waals surface area contributed by atoms with Gasteiger partial charge in [-0.3, -0.25) is 20.3 Å². The summed E-state index contributed by atoms with van der Waals surface area (Å²) in [7, 11) is -4.14. The number of hydrogen-bond acceptors (Lipinski definition) is 6. The number of anilines is 2. The second-order valence-electron chi connectivity index (χ2n) is 9.10. The molecule has 0 saturated heterocycles. The molecule has 178 valence electrons. The quantitative estimate of drug-likeness (QED) is 0.254. The number of sulfonamides is 1. The highest BCUT2D eigenvalue weighted by Gasteiger charge is 2.23. The molecule has 0 heterocycles. The van der Waals surface area contributed by atoms with Crippen molar-refractivity contribution in [2.45, 2.75) is 44.9 Å². The van der Waals surface area contributed by atoms with Crippen molar-refractivity contribution < 1.29 is 13.3 Å². The first-order chi connectivity index (χ1) is 15.9. The van der Waals surface area contributed by atoms with Crippen LogP contribution in [0.1, 0.15) is 43.0 Å². The summed E-state index contributed by atoms with van der Waals surface area (Å²) in [6, 6.07) is 16.7. The zero-order valence-corrected chi connectivity index (χ0v) is 20.6. The summed E-state index contributed by atoms with van der Waals surface area (Å²) >= 11 is 0.